The number of hydrogen-bond acceptors (Lipinski definition) is 4. The Labute approximate surface area is 246 Å². The summed E-state index contributed by atoms with van der Waals surface area (Å²) in [5, 5.41) is 8.67. The van der Waals surface area contributed by atoms with E-state index < -0.39 is 12.0 Å². The van der Waals surface area contributed by atoms with E-state index in [-0.39, 0.29) is 17.9 Å². The van der Waals surface area contributed by atoms with Crippen molar-refractivity contribution in [1.82, 2.24) is 16.0 Å². The number of carbonyl (C=O) groups excluding carboxylic acids is 3. The molecule has 0 rings (SSSR count). The zero-order valence-corrected chi connectivity index (χ0v) is 26.3. The summed E-state index contributed by atoms with van der Waals surface area (Å²) in [4.78, 5) is 37.1. The van der Waals surface area contributed by atoms with E-state index in [2.05, 4.69) is 29.5 Å². The van der Waals surface area contributed by atoms with E-state index >= 15 is 0 Å². The monoisotopic (exact) mass is 565 g/mol. The molecule has 3 amide bonds. The van der Waals surface area contributed by atoms with E-state index in [0.29, 0.717) is 39.0 Å². The minimum atomic E-state index is -0.679. The Morgan fingerprint density at radius 2 is 1.27 bits per heavy atom. The summed E-state index contributed by atoms with van der Waals surface area (Å²) in [5.74, 6) is -0.0564. The van der Waals surface area contributed by atoms with Gasteiger partial charge in [-0.15, -0.1) is 6.58 Å². The highest BCUT2D eigenvalue weighted by molar-refractivity contribution is 5.83. The average Bonchev–Trinajstić information content (AvgIpc) is 2.93. The zero-order valence-electron chi connectivity index (χ0n) is 26.3. The Hall–Kier alpha value is -2.05. The molecule has 0 aliphatic rings. The molecule has 7 nitrogen and oxygen atoms in total. The number of hydrogen-bond donors (Lipinski definition) is 3. The standard InChI is InChI=1S/C33H63N3O4/c1-5-7-9-11-13-15-16-18-20-25-31(37)34-26-23-21-24-30(32(38)40-28-29(3)4)36-33(39)35-27-22-19-17-14-12-10-8-6-2/h6,29-30H,2,5,7-28H2,1,3-4H3,(H,34,37)(H2,35,36,39)/t30-/m0/s1. The van der Waals surface area contributed by atoms with E-state index in [1.807, 2.05) is 19.9 Å². The summed E-state index contributed by atoms with van der Waals surface area (Å²) in [7, 11) is 0. The van der Waals surface area contributed by atoms with Crippen molar-refractivity contribution in [3.8, 4) is 0 Å². The summed E-state index contributed by atoms with van der Waals surface area (Å²) >= 11 is 0. The largest absolute Gasteiger partial charge is 0.464 e. The van der Waals surface area contributed by atoms with Gasteiger partial charge in [0.25, 0.3) is 0 Å². The first kappa shape index (κ1) is 38.0. The van der Waals surface area contributed by atoms with Crippen LogP contribution in [0.15, 0.2) is 12.7 Å². The highest BCUT2D eigenvalue weighted by Crippen LogP contribution is 2.11. The normalized spacial score (nSPS) is 11.7. The van der Waals surface area contributed by atoms with Gasteiger partial charge in [-0.05, 0) is 50.9 Å². The molecule has 0 aromatic rings. The first-order valence-electron chi connectivity index (χ1n) is 16.5. The van der Waals surface area contributed by atoms with Crippen LogP contribution in [-0.2, 0) is 14.3 Å². The molecule has 0 heterocycles. The summed E-state index contributed by atoms with van der Waals surface area (Å²) in [6.45, 7) is 11.5. The lowest BCUT2D eigenvalue weighted by molar-refractivity contribution is -0.147. The first-order valence-corrected chi connectivity index (χ1v) is 16.5. The molecule has 0 aliphatic heterocycles. The molecule has 40 heavy (non-hydrogen) atoms. The molecule has 0 bridgehead atoms. The maximum atomic E-state index is 12.6. The van der Waals surface area contributed by atoms with Crippen molar-refractivity contribution in [1.29, 1.82) is 0 Å². The number of nitrogens with one attached hydrogen (secondary N) is 3. The lowest BCUT2D eigenvalue weighted by Gasteiger charge is -2.19. The minimum Gasteiger partial charge on any atom is -0.464 e. The van der Waals surface area contributed by atoms with Gasteiger partial charge in [-0.3, -0.25) is 4.79 Å². The van der Waals surface area contributed by atoms with Crippen LogP contribution in [0.5, 0.6) is 0 Å². The van der Waals surface area contributed by atoms with Gasteiger partial charge in [0.2, 0.25) is 5.91 Å². The molecule has 0 saturated heterocycles. The Kier molecular flexibility index (Phi) is 27.0. The predicted molar refractivity (Wildman–Crippen MR) is 167 cm³/mol. The summed E-state index contributed by atoms with van der Waals surface area (Å²) in [6, 6.07) is -1.01. The van der Waals surface area contributed by atoms with Crippen molar-refractivity contribution in [3.05, 3.63) is 12.7 Å². The molecule has 7 heteroatoms. The number of rotatable bonds is 28. The van der Waals surface area contributed by atoms with Crippen LogP contribution < -0.4 is 16.0 Å². The first-order chi connectivity index (χ1) is 19.4. The van der Waals surface area contributed by atoms with Crippen molar-refractivity contribution in [2.24, 2.45) is 5.92 Å². The predicted octanol–water partition coefficient (Wildman–Crippen LogP) is 7.98. The van der Waals surface area contributed by atoms with Gasteiger partial charge in [0.05, 0.1) is 6.61 Å². The minimum absolute atomic E-state index is 0.102. The molecule has 0 unspecified atom stereocenters. The molecule has 0 saturated carbocycles. The summed E-state index contributed by atoms with van der Waals surface area (Å²) in [6.07, 6.45) is 23.6. The third kappa shape index (κ3) is 26.2. The Balaban J connectivity index is 4.10. The molecule has 234 valence electrons. The third-order valence-electron chi connectivity index (χ3n) is 7.02. The number of allylic oxidation sites excluding steroid dienone is 1. The van der Waals surface area contributed by atoms with Gasteiger partial charge in [-0.1, -0.05) is 104 Å². The maximum absolute atomic E-state index is 12.6. The number of amides is 3. The molecule has 3 N–H and O–H groups in total. The highest BCUT2D eigenvalue weighted by atomic mass is 16.5. The van der Waals surface area contributed by atoms with Gasteiger partial charge >= 0.3 is 12.0 Å². The molecular weight excluding hydrogens is 502 g/mol. The van der Waals surface area contributed by atoms with Crippen molar-refractivity contribution in [2.75, 3.05) is 19.7 Å². The highest BCUT2D eigenvalue weighted by Gasteiger charge is 2.22. The van der Waals surface area contributed by atoms with Crippen molar-refractivity contribution >= 4 is 17.9 Å². The molecule has 0 aromatic carbocycles. The topological polar surface area (TPSA) is 96.5 Å². The van der Waals surface area contributed by atoms with Gasteiger partial charge in [0, 0.05) is 19.5 Å². The van der Waals surface area contributed by atoms with Crippen LogP contribution in [-0.4, -0.2) is 43.6 Å². The second-order valence-electron chi connectivity index (χ2n) is 11.6. The number of esters is 1. The van der Waals surface area contributed by atoms with Crippen molar-refractivity contribution in [3.63, 3.8) is 0 Å². The lowest BCUT2D eigenvalue weighted by Crippen LogP contribution is -2.47. The summed E-state index contributed by atoms with van der Waals surface area (Å²) in [5.41, 5.74) is 0. The van der Waals surface area contributed by atoms with Crippen molar-refractivity contribution < 1.29 is 19.1 Å². The Bertz CT molecular complexity index is 639. The smallest absolute Gasteiger partial charge is 0.328 e. The van der Waals surface area contributed by atoms with Crippen LogP contribution in [0.2, 0.25) is 0 Å². The molecule has 0 radical (unpaired) electrons. The van der Waals surface area contributed by atoms with Crippen molar-refractivity contribution in [2.45, 2.75) is 155 Å². The average molecular weight is 566 g/mol. The SMILES string of the molecule is C=CCCCCCCCCNC(=O)N[C@@H](CCCCNC(=O)CCCCCCCCCCC)C(=O)OCC(C)C. The van der Waals surface area contributed by atoms with Gasteiger partial charge in [-0.2, -0.15) is 0 Å². The third-order valence-corrected chi connectivity index (χ3v) is 7.02. The Morgan fingerprint density at radius 1 is 0.725 bits per heavy atom. The fourth-order valence-electron chi connectivity index (χ4n) is 4.52. The van der Waals surface area contributed by atoms with Gasteiger partial charge < -0.3 is 20.7 Å². The zero-order chi connectivity index (χ0) is 29.7. The number of unbranched alkanes of at least 4 members (excludes halogenated alkanes) is 15. The number of ether oxygens (including phenoxy) is 1. The van der Waals surface area contributed by atoms with E-state index in [4.69, 9.17) is 4.74 Å². The van der Waals surface area contributed by atoms with Crippen LogP contribution in [0.3, 0.4) is 0 Å². The van der Waals surface area contributed by atoms with E-state index in [0.717, 1.165) is 38.5 Å². The lowest BCUT2D eigenvalue weighted by atomic mass is 10.1. The van der Waals surface area contributed by atoms with Gasteiger partial charge in [0.1, 0.15) is 6.04 Å². The second kappa shape index (κ2) is 28.5. The Morgan fingerprint density at radius 3 is 1.90 bits per heavy atom. The molecule has 0 aromatic heterocycles. The molecule has 0 fully saturated rings. The fourth-order valence-corrected chi connectivity index (χ4v) is 4.52. The van der Waals surface area contributed by atoms with Gasteiger partial charge in [0.15, 0.2) is 0 Å². The molecule has 0 spiro atoms. The van der Waals surface area contributed by atoms with Crippen LogP contribution in [0.4, 0.5) is 4.79 Å². The quantitative estimate of drug-likeness (QED) is 0.0509. The molecular formula is C33H63N3O4. The fraction of sp³-hybridized carbons (Fsp3) is 0.848. The summed E-state index contributed by atoms with van der Waals surface area (Å²) < 4.78 is 5.40. The van der Waals surface area contributed by atoms with E-state index in [1.54, 1.807) is 0 Å². The van der Waals surface area contributed by atoms with Crippen LogP contribution in [0, 0.1) is 5.92 Å². The molecule has 0 aliphatic carbocycles. The second-order valence-corrected chi connectivity index (χ2v) is 11.6. The number of urea groups is 1. The van der Waals surface area contributed by atoms with Crippen LogP contribution >= 0.6 is 0 Å². The maximum Gasteiger partial charge on any atom is 0.328 e. The van der Waals surface area contributed by atoms with E-state index in [1.165, 1.54) is 70.6 Å². The number of carbonyl (C=O) groups is 3. The molecule has 1 atom stereocenters. The van der Waals surface area contributed by atoms with Crippen LogP contribution in [0.25, 0.3) is 0 Å². The van der Waals surface area contributed by atoms with Crippen LogP contribution in [0.1, 0.15) is 149 Å². The van der Waals surface area contributed by atoms with Gasteiger partial charge in [-0.25, -0.2) is 9.59 Å². The van der Waals surface area contributed by atoms with E-state index in [9.17, 15) is 14.4 Å².